The maximum Gasteiger partial charge on any atom is 0.255 e. The van der Waals surface area contributed by atoms with Crippen LogP contribution in [-0.2, 0) is 17.2 Å². The van der Waals surface area contributed by atoms with E-state index in [1.54, 1.807) is 4.68 Å². The molecule has 8 nitrogen and oxygen atoms in total. The number of hydrogen-bond donors (Lipinski definition) is 2. The largest absolute Gasteiger partial charge is 0.490 e. The number of amides is 1. The van der Waals surface area contributed by atoms with E-state index in [-0.39, 0.29) is 12.5 Å². The number of carbonyl (C=O) groups excluding carboxylic acids is 1. The Bertz CT molecular complexity index is 2070. The first-order chi connectivity index (χ1) is 23.6. The van der Waals surface area contributed by atoms with Crippen molar-refractivity contribution in [3.05, 3.63) is 132 Å². The molecule has 0 radical (unpaired) electrons. The molecule has 0 bridgehead atoms. The number of aryl methyl sites for hydroxylation is 2. The molecule has 2 N–H and O–H groups in total. The van der Waals surface area contributed by atoms with Crippen molar-refractivity contribution in [3.8, 4) is 11.5 Å². The zero-order valence-corrected chi connectivity index (χ0v) is 31.2. The number of thioether (sulfide) groups is 1. The minimum Gasteiger partial charge on any atom is -0.490 e. The fourth-order valence-electron chi connectivity index (χ4n) is 5.61. The summed E-state index contributed by atoms with van der Waals surface area (Å²) >= 11 is 18.0. The number of halogens is 3. The van der Waals surface area contributed by atoms with E-state index in [9.17, 15) is 4.79 Å². The van der Waals surface area contributed by atoms with Crippen molar-refractivity contribution in [2.24, 2.45) is 0 Å². The van der Waals surface area contributed by atoms with E-state index in [1.165, 1.54) is 11.8 Å². The third-order valence-electron chi connectivity index (χ3n) is 8.00. The summed E-state index contributed by atoms with van der Waals surface area (Å²) in [5.41, 5.74) is 6.53. The van der Waals surface area contributed by atoms with Gasteiger partial charge in [0.05, 0.1) is 16.7 Å². The second-order valence-electron chi connectivity index (χ2n) is 11.5. The predicted molar refractivity (Wildman–Crippen MR) is 201 cm³/mol. The Labute approximate surface area is 308 Å². The first-order valence-corrected chi connectivity index (χ1v) is 18.2. The van der Waals surface area contributed by atoms with E-state index < -0.39 is 6.04 Å². The fourth-order valence-corrected chi connectivity index (χ4v) is 7.49. The second kappa shape index (κ2) is 15.3. The van der Waals surface area contributed by atoms with Crippen LogP contribution in [0.2, 0.25) is 10.0 Å². The van der Waals surface area contributed by atoms with Crippen molar-refractivity contribution < 1.29 is 14.3 Å². The number of allylic oxidation sites excluding steroid dienone is 1. The number of nitrogens with one attached hydrogen (secondary N) is 2. The molecular formula is C37H34BrCl2N5O3S. The molecule has 0 saturated heterocycles. The Morgan fingerprint density at radius 1 is 0.980 bits per heavy atom. The number of aromatic nitrogens is 3. The fraction of sp³-hybridized carbons (Fsp3) is 0.216. The van der Waals surface area contributed by atoms with Gasteiger partial charge in [-0.25, -0.2) is 4.68 Å². The maximum atomic E-state index is 14.2. The number of fused-ring (bicyclic) bond motifs is 1. The molecule has 1 aliphatic rings. The average Bonchev–Trinajstić information content (AvgIpc) is 3.47. The van der Waals surface area contributed by atoms with Crippen LogP contribution in [0.1, 0.15) is 47.7 Å². The molecule has 1 unspecified atom stereocenters. The molecule has 6 rings (SSSR count). The summed E-state index contributed by atoms with van der Waals surface area (Å²) in [5, 5.41) is 13.2. The van der Waals surface area contributed by atoms with Crippen molar-refractivity contribution in [1.29, 1.82) is 0 Å². The highest BCUT2D eigenvalue weighted by Gasteiger charge is 2.36. The molecule has 5 aromatic rings. The lowest BCUT2D eigenvalue weighted by Gasteiger charge is -2.29. The average molecular weight is 780 g/mol. The van der Waals surface area contributed by atoms with Crippen molar-refractivity contribution in [3.63, 3.8) is 0 Å². The molecular weight excluding hydrogens is 745 g/mol. The molecule has 4 aromatic carbocycles. The van der Waals surface area contributed by atoms with Crippen molar-refractivity contribution in [2.45, 2.75) is 51.3 Å². The van der Waals surface area contributed by atoms with Gasteiger partial charge in [0, 0.05) is 32.7 Å². The van der Waals surface area contributed by atoms with Crippen LogP contribution in [0.15, 0.2) is 99.8 Å². The number of benzene rings is 4. The summed E-state index contributed by atoms with van der Waals surface area (Å²) in [7, 11) is 0. The van der Waals surface area contributed by atoms with Gasteiger partial charge < -0.3 is 20.1 Å². The second-order valence-corrected chi connectivity index (χ2v) is 14.1. The number of carbonyl (C=O) groups is 1. The Morgan fingerprint density at radius 3 is 2.39 bits per heavy atom. The zero-order valence-electron chi connectivity index (χ0n) is 27.3. The van der Waals surface area contributed by atoms with Gasteiger partial charge >= 0.3 is 0 Å². The van der Waals surface area contributed by atoms with Crippen LogP contribution in [0.5, 0.6) is 11.5 Å². The van der Waals surface area contributed by atoms with Crippen molar-refractivity contribution >= 4 is 68.4 Å². The molecule has 252 valence electrons. The zero-order chi connectivity index (χ0) is 34.7. The lowest BCUT2D eigenvalue weighted by Crippen LogP contribution is -2.31. The Balaban J connectivity index is 1.40. The van der Waals surface area contributed by atoms with Gasteiger partial charge in [-0.05, 0) is 90.6 Å². The summed E-state index contributed by atoms with van der Waals surface area (Å²) < 4.78 is 14.8. The topological polar surface area (TPSA) is 90.3 Å². The van der Waals surface area contributed by atoms with E-state index >= 15 is 0 Å². The van der Waals surface area contributed by atoms with Gasteiger partial charge in [0.1, 0.15) is 12.6 Å². The van der Waals surface area contributed by atoms with Crippen LogP contribution < -0.4 is 20.1 Å². The summed E-state index contributed by atoms with van der Waals surface area (Å²) in [5.74, 6) is 1.87. The highest BCUT2D eigenvalue weighted by molar-refractivity contribution is 9.10. The summed E-state index contributed by atoms with van der Waals surface area (Å²) in [6.07, 6.45) is 0. The number of anilines is 2. The van der Waals surface area contributed by atoms with Crippen LogP contribution in [0, 0.1) is 13.8 Å². The highest BCUT2D eigenvalue weighted by atomic mass is 79.9. The minimum atomic E-state index is -0.655. The molecule has 0 aliphatic carbocycles. The summed E-state index contributed by atoms with van der Waals surface area (Å²) in [6.45, 7) is 8.43. The molecule has 49 heavy (non-hydrogen) atoms. The van der Waals surface area contributed by atoms with E-state index in [1.807, 2.05) is 107 Å². The number of nitrogens with zero attached hydrogens (tertiary/aromatic N) is 3. The maximum absolute atomic E-state index is 14.2. The molecule has 2 heterocycles. The van der Waals surface area contributed by atoms with Crippen LogP contribution in [-0.4, -0.2) is 27.3 Å². The van der Waals surface area contributed by atoms with Crippen LogP contribution in [0.4, 0.5) is 11.6 Å². The van der Waals surface area contributed by atoms with E-state index in [0.29, 0.717) is 60.8 Å². The van der Waals surface area contributed by atoms with Gasteiger partial charge in [-0.3, -0.25) is 4.79 Å². The molecule has 1 aliphatic heterocycles. The monoisotopic (exact) mass is 777 g/mol. The molecule has 0 fully saturated rings. The summed E-state index contributed by atoms with van der Waals surface area (Å²) in [4.78, 5) is 19.1. The van der Waals surface area contributed by atoms with Crippen molar-refractivity contribution in [1.82, 2.24) is 14.8 Å². The minimum absolute atomic E-state index is 0.243. The molecule has 1 amide bonds. The molecule has 1 aromatic heterocycles. The van der Waals surface area contributed by atoms with Gasteiger partial charge in [-0.1, -0.05) is 89.1 Å². The van der Waals surface area contributed by atoms with Gasteiger partial charge in [-0.2, -0.15) is 4.98 Å². The third kappa shape index (κ3) is 7.78. The predicted octanol–water partition coefficient (Wildman–Crippen LogP) is 10.2. The molecule has 1 atom stereocenters. The Hall–Kier alpha value is -3.96. The highest BCUT2D eigenvalue weighted by Crippen LogP contribution is 2.44. The lowest BCUT2D eigenvalue weighted by molar-refractivity contribution is -0.113. The van der Waals surface area contributed by atoms with Crippen LogP contribution >= 0.6 is 50.9 Å². The van der Waals surface area contributed by atoms with Gasteiger partial charge in [0.2, 0.25) is 11.1 Å². The Morgan fingerprint density at radius 2 is 1.69 bits per heavy atom. The first-order valence-electron chi connectivity index (χ1n) is 15.6. The molecule has 12 heteroatoms. The standard InChI is InChI=1S/C37H34BrCl2N5O3S/c1-5-47-31-18-26(17-27(38)34(31)48-19-24-10-6-8-12-28(24)39)33-32(35(46)42-30-15-14-21(2)16-22(30)3)23(4)41-36-43-37(44-45(33)36)49-20-25-11-7-9-13-29(25)40/h6-18,33H,5,19-20H2,1-4H3,(H,42,46)(H,41,43,44). The van der Waals surface area contributed by atoms with Gasteiger partial charge in [0.15, 0.2) is 11.5 Å². The number of rotatable bonds is 11. The SMILES string of the molecule is CCOc1cc(C2C(C(=O)Nc3ccc(C)cc3C)=C(C)Nc3nc(SCc4ccccc4Cl)nn32)cc(Br)c1OCc1ccccc1Cl. The number of ether oxygens (including phenoxy) is 2. The normalized spacial score (nSPS) is 13.9. The van der Waals surface area contributed by atoms with E-state index in [4.69, 9.17) is 42.8 Å². The quantitative estimate of drug-likeness (QED) is 0.129. The summed E-state index contributed by atoms with van der Waals surface area (Å²) in [6, 6.07) is 24.4. The van der Waals surface area contributed by atoms with Crippen molar-refractivity contribution in [2.75, 3.05) is 17.2 Å². The number of hydrogen-bond acceptors (Lipinski definition) is 7. The van der Waals surface area contributed by atoms with Gasteiger partial charge in [0.25, 0.3) is 5.91 Å². The van der Waals surface area contributed by atoms with Gasteiger partial charge in [-0.15, -0.1) is 5.10 Å². The first kappa shape index (κ1) is 34.9. The lowest BCUT2D eigenvalue weighted by atomic mass is 9.94. The third-order valence-corrected chi connectivity index (χ3v) is 10.2. The van der Waals surface area contributed by atoms with Crippen LogP contribution in [0.3, 0.4) is 0 Å². The molecule has 0 saturated carbocycles. The smallest absolute Gasteiger partial charge is 0.255 e. The van der Waals surface area contributed by atoms with E-state index in [2.05, 4.69) is 26.6 Å². The molecule has 0 spiro atoms. The van der Waals surface area contributed by atoms with Crippen LogP contribution in [0.25, 0.3) is 0 Å². The van der Waals surface area contributed by atoms with E-state index in [0.717, 1.165) is 33.5 Å². The Kier molecular flexibility index (Phi) is 10.9.